The van der Waals surface area contributed by atoms with Gasteiger partial charge in [-0.15, -0.1) is 0 Å². The predicted molar refractivity (Wildman–Crippen MR) is 68.3 cm³/mol. The van der Waals surface area contributed by atoms with Crippen molar-refractivity contribution in [1.29, 1.82) is 0 Å². The highest BCUT2D eigenvalue weighted by molar-refractivity contribution is 5.31. The lowest BCUT2D eigenvalue weighted by molar-refractivity contribution is 0.835. The van der Waals surface area contributed by atoms with Crippen molar-refractivity contribution in [2.45, 2.75) is 46.5 Å². The van der Waals surface area contributed by atoms with E-state index in [2.05, 4.69) is 51.1 Å². The lowest BCUT2D eigenvalue weighted by atomic mass is 9.99. The van der Waals surface area contributed by atoms with Gasteiger partial charge in [-0.25, -0.2) is 0 Å². The molecular formula is C15H22. The van der Waals surface area contributed by atoms with Gasteiger partial charge in [-0.3, -0.25) is 0 Å². The summed E-state index contributed by atoms with van der Waals surface area (Å²) in [6, 6.07) is 6.88. The van der Waals surface area contributed by atoms with E-state index in [1.165, 1.54) is 36.0 Å². The molecule has 0 bridgehead atoms. The van der Waals surface area contributed by atoms with Crippen molar-refractivity contribution in [2.24, 2.45) is 0 Å². The van der Waals surface area contributed by atoms with E-state index in [0.717, 1.165) is 6.42 Å². The minimum absolute atomic E-state index is 1.14. The van der Waals surface area contributed by atoms with E-state index >= 15 is 0 Å². The molecule has 0 heterocycles. The summed E-state index contributed by atoms with van der Waals surface area (Å²) in [5.41, 5.74) is 4.41. The Morgan fingerprint density at radius 1 is 1.27 bits per heavy atom. The van der Waals surface area contributed by atoms with Crippen LogP contribution in [0.3, 0.4) is 0 Å². The van der Waals surface area contributed by atoms with Crippen molar-refractivity contribution in [1.82, 2.24) is 0 Å². The van der Waals surface area contributed by atoms with E-state index in [0.29, 0.717) is 0 Å². The van der Waals surface area contributed by atoms with Gasteiger partial charge in [-0.2, -0.15) is 0 Å². The fourth-order valence-corrected chi connectivity index (χ4v) is 1.84. The molecular weight excluding hydrogens is 180 g/mol. The quantitative estimate of drug-likeness (QED) is 0.488. The molecule has 0 N–H and O–H groups in total. The molecule has 0 fully saturated rings. The van der Waals surface area contributed by atoms with Crippen molar-refractivity contribution in [2.75, 3.05) is 0 Å². The Balaban J connectivity index is 2.54. The summed E-state index contributed by atoms with van der Waals surface area (Å²) in [5, 5.41) is 0. The smallest absolute Gasteiger partial charge is 0.0273 e. The maximum atomic E-state index is 2.32. The number of allylic oxidation sites excluding steroid dienone is 2. The Morgan fingerprint density at radius 2 is 2.07 bits per heavy atom. The van der Waals surface area contributed by atoms with Crippen LogP contribution in [-0.2, 0) is 12.8 Å². The van der Waals surface area contributed by atoms with Gasteiger partial charge in [-0.1, -0.05) is 37.3 Å². The van der Waals surface area contributed by atoms with Crippen molar-refractivity contribution >= 4 is 0 Å². The van der Waals surface area contributed by atoms with E-state index in [1.54, 1.807) is 0 Å². The molecule has 1 aromatic carbocycles. The number of unbranched alkanes of at least 4 members (excludes halogenated alkanes) is 1. The molecule has 0 saturated carbocycles. The molecule has 15 heavy (non-hydrogen) atoms. The van der Waals surface area contributed by atoms with Crippen LogP contribution in [0.15, 0.2) is 30.4 Å². The Labute approximate surface area is 94.0 Å². The summed E-state index contributed by atoms with van der Waals surface area (Å²) < 4.78 is 0. The summed E-state index contributed by atoms with van der Waals surface area (Å²) in [6.45, 7) is 6.52. The van der Waals surface area contributed by atoms with Crippen LogP contribution in [0.1, 0.15) is 43.4 Å². The van der Waals surface area contributed by atoms with Crippen LogP contribution in [0, 0.1) is 6.92 Å². The number of hydrogen-bond acceptors (Lipinski definition) is 0. The Morgan fingerprint density at radius 3 is 2.67 bits per heavy atom. The van der Waals surface area contributed by atoms with Gasteiger partial charge in [-0.05, 0) is 56.2 Å². The molecule has 82 valence electrons. The van der Waals surface area contributed by atoms with Crippen LogP contribution in [0.25, 0.3) is 0 Å². The fraction of sp³-hybridized carbons (Fsp3) is 0.467. The minimum atomic E-state index is 1.14. The SMILES string of the molecule is CC=CCCCc1ccc(CC)cc1C. The van der Waals surface area contributed by atoms with Gasteiger partial charge in [0.15, 0.2) is 0 Å². The molecule has 0 atom stereocenters. The normalized spacial score (nSPS) is 11.1. The average Bonchev–Trinajstić information content (AvgIpc) is 2.26. The second-order valence-electron chi connectivity index (χ2n) is 4.08. The third-order valence-corrected chi connectivity index (χ3v) is 2.87. The summed E-state index contributed by atoms with van der Waals surface area (Å²) in [4.78, 5) is 0. The van der Waals surface area contributed by atoms with Gasteiger partial charge in [0.1, 0.15) is 0 Å². The molecule has 0 heteroatoms. The highest BCUT2D eigenvalue weighted by Crippen LogP contribution is 2.14. The molecule has 0 aromatic heterocycles. The lowest BCUT2D eigenvalue weighted by Gasteiger charge is -2.06. The highest BCUT2D eigenvalue weighted by atomic mass is 14.0. The number of hydrogen-bond donors (Lipinski definition) is 0. The molecule has 0 unspecified atom stereocenters. The van der Waals surface area contributed by atoms with E-state index in [9.17, 15) is 0 Å². The van der Waals surface area contributed by atoms with Crippen LogP contribution in [-0.4, -0.2) is 0 Å². The molecule has 0 nitrogen and oxygen atoms in total. The molecule has 0 aliphatic rings. The van der Waals surface area contributed by atoms with Crippen LogP contribution in [0.2, 0.25) is 0 Å². The summed E-state index contributed by atoms with van der Waals surface area (Å²) in [7, 11) is 0. The minimum Gasteiger partial charge on any atom is -0.0917 e. The molecule has 1 rings (SSSR count). The Hall–Kier alpha value is -1.04. The number of rotatable bonds is 5. The van der Waals surface area contributed by atoms with E-state index in [1.807, 2.05) is 0 Å². The first-order valence-corrected chi connectivity index (χ1v) is 5.97. The average molecular weight is 202 g/mol. The van der Waals surface area contributed by atoms with Crippen LogP contribution >= 0.6 is 0 Å². The Bertz CT molecular complexity index is 321. The highest BCUT2D eigenvalue weighted by Gasteiger charge is 1.98. The molecule has 0 amide bonds. The zero-order valence-corrected chi connectivity index (χ0v) is 10.2. The third kappa shape index (κ3) is 3.91. The first-order valence-electron chi connectivity index (χ1n) is 5.97. The number of benzene rings is 1. The van der Waals surface area contributed by atoms with Gasteiger partial charge in [0.25, 0.3) is 0 Å². The summed E-state index contributed by atoms with van der Waals surface area (Å²) >= 11 is 0. The van der Waals surface area contributed by atoms with Crippen molar-refractivity contribution < 1.29 is 0 Å². The first kappa shape index (κ1) is 12.0. The molecule has 0 aliphatic heterocycles. The molecule has 0 aliphatic carbocycles. The second-order valence-corrected chi connectivity index (χ2v) is 4.08. The van der Waals surface area contributed by atoms with Crippen LogP contribution in [0.4, 0.5) is 0 Å². The van der Waals surface area contributed by atoms with Gasteiger partial charge in [0.05, 0.1) is 0 Å². The first-order chi connectivity index (χ1) is 7.27. The zero-order chi connectivity index (χ0) is 11.1. The van der Waals surface area contributed by atoms with Gasteiger partial charge in [0, 0.05) is 0 Å². The maximum absolute atomic E-state index is 2.32. The van der Waals surface area contributed by atoms with Crippen molar-refractivity contribution in [3.05, 3.63) is 47.0 Å². The lowest BCUT2D eigenvalue weighted by Crippen LogP contribution is -1.91. The topological polar surface area (TPSA) is 0 Å². The zero-order valence-electron chi connectivity index (χ0n) is 10.2. The summed E-state index contributed by atoms with van der Waals surface area (Å²) in [5.74, 6) is 0. The van der Waals surface area contributed by atoms with Gasteiger partial charge in [0.2, 0.25) is 0 Å². The van der Waals surface area contributed by atoms with Crippen LogP contribution < -0.4 is 0 Å². The fourth-order valence-electron chi connectivity index (χ4n) is 1.84. The maximum Gasteiger partial charge on any atom is -0.0273 e. The molecule has 0 radical (unpaired) electrons. The van der Waals surface area contributed by atoms with E-state index in [-0.39, 0.29) is 0 Å². The largest absolute Gasteiger partial charge is 0.0917 e. The third-order valence-electron chi connectivity index (χ3n) is 2.87. The Kier molecular flexibility index (Phi) is 5.17. The molecule has 1 aromatic rings. The number of aryl methyl sites for hydroxylation is 3. The van der Waals surface area contributed by atoms with E-state index < -0.39 is 0 Å². The van der Waals surface area contributed by atoms with Crippen molar-refractivity contribution in [3.8, 4) is 0 Å². The van der Waals surface area contributed by atoms with Gasteiger partial charge < -0.3 is 0 Å². The standard InChI is InChI=1S/C15H22/c1-4-6-7-8-9-15-11-10-14(5-2)12-13(15)3/h4,6,10-12H,5,7-9H2,1-3H3. The van der Waals surface area contributed by atoms with Crippen molar-refractivity contribution in [3.63, 3.8) is 0 Å². The monoisotopic (exact) mass is 202 g/mol. The molecule has 0 saturated heterocycles. The van der Waals surface area contributed by atoms with E-state index in [4.69, 9.17) is 0 Å². The summed E-state index contributed by atoms with van der Waals surface area (Å²) in [6.07, 6.45) is 9.19. The van der Waals surface area contributed by atoms with Gasteiger partial charge >= 0.3 is 0 Å². The second kappa shape index (κ2) is 6.44. The van der Waals surface area contributed by atoms with Crippen LogP contribution in [0.5, 0.6) is 0 Å². The predicted octanol–water partition coefficient (Wildman–Crippen LogP) is 4.46. The molecule has 0 spiro atoms.